The van der Waals surface area contributed by atoms with Crippen LogP contribution in [-0.4, -0.2) is 37.2 Å². The molecule has 1 atom stereocenters. The molecule has 0 fully saturated rings. The van der Waals surface area contributed by atoms with E-state index in [4.69, 9.17) is 14.2 Å². The van der Waals surface area contributed by atoms with E-state index in [1.807, 2.05) is 0 Å². The van der Waals surface area contributed by atoms with Gasteiger partial charge in [-0.1, -0.05) is 201 Å². The Hall–Kier alpha value is -3.67. The van der Waals surface area contributed by atoms with Crippen LogP contribution in [0.3, 0.4) is 0 Å². The van der Waals surface area contributed by atoms with Crippen molar-refractivity contribution >= 4 is 17.9 Å². The van der Waals surface area contributed by atoms with Gasteiger partial charge in [-0.2, -0.15) is 0 Å². The molecule has 0 aromatic carbocycles. The molecule has 0 saturated carbocycles. The fourth-order valence-corrected chi connectivity index (χ4v) is 7.09. The summed E-state index contributed by atoms with van der Waals surface area (Å²) in [4.78, 5) is 38.1. The van der Waals surface area contributed by atoms with Crippen LogP contribution in [-0.2, 0) is 28.6 Å². The van der Waals surface area contributed by atoms with Gasteiger partial charge in [0.15, 0.2) is 6.10 Å². The molecule has 0 amide bonds. The molecule has 6 heteroatoms. The van der Waals surface area contributed by atoms with E-state index in [2.05, 4.69) is 118 Å². The third-order valence-corrected chi connectivity index (χ3v) is 11.1. The molecule has 0 aromatic rings. The largest absolute Gasteiger partial charge is 0.462 e. The lowest BCUT2D eigenvalue weighted by Gasteiger charge is -2.18. The number of hydrogen-bond donors (Lipinski definition) is 0. The second kappa shape index (κ2) is 52.9. The van der Waals surface area contributed by atoms with Gasteiger partial charge in [-0.25, -0.2) is 0 Å². The van der Waals surface area contributed by atoms with Gasteiger partial charge in [0.05, 0.1) is 0 Å². The standard InChI is InChI=1S/C59H98O6/c1-4-7-10-13-16-19-22-25-28-29-32-34-37-40-43-46-49-52-58(61)64-55-56(65-59(62)53-50-47-44-41-38-35-31-27-24-21-18-15-12-9-6-3)54-63-57(60)51-48-45-42-39-36-33-30-26-23-20-17-14-11-8-5-2/h7,9-10,12,16,18-19,21,25-28,30-32,34,56H,4-6,8,11,13-15,17,20,22-24,29,33,35-55H2,1-3H3/b10-7-,12-9-,19-16-,21-18-,28-25-,30-26-,31-27-,34-32-/t56-/m0/s1. The predicted molar refractivity (Wildman–Crippen MR) is 279 cm³/mol. The third-order valence-electron chi connectivity index (χ3n) is 11.1. The first kappa shape index (κ1) is 61.3. The van der Waals surface area contributed by atoms with Crippen molar-refractivity contribution in [3.8, 4) is 0 Å². The Morgan fingerprint density at radius 2 is 0.600 bits per heavy atom. The van der Waals surface area contributed by atoms with Gasteiger partial charge in [-0.3, -0.25) is 14.4 Å². The summed E-state index contributed by atoms with van der Waals surface area (Å²) in [5.41, 5.74) is 0. The number of carbonyl (C=O) groups is 3. The quantitative estimate of drug-likeness (QED) is 0.0262. The van der Waals surface area contributed by atoms with E-state index in [1.165, 1.54) is 57.8 Å². The Balaban J connectivity index is 4.48. The van der Waals surface area contributed by atoms with E-state index >= 15 is 0 Å². The number of esters is 3. The monoisotopic (exact) mass is 903 g/mol. The Morgan fingerprint density at radius 1 is 0.323 bits per heavy atom. The summed E-state index contributed by atoms with van der Waals surface area (Å²) in [5, 5.41) is 0. The number of hydrogen-bond acceptors (Lipinski definition) is 6. The van der Waals surface area contributed by atoms with Gasteiger partial charge in [0.2, 0.25) is 0 Å². The maximum atomic E-state index is 12.8. The zero-order valence-electron chi connectivity index (χ0n) is 42.2. The van der Waals surface area contributed by atoms with Crippen molar-refractivity contribution in [1.29, 1.82) is 0 Å². The van der Waals surface area contributed by atoms with Crippen molar-refractivity contribution in [2.24, 2.45) is 0 Å². The molecule has 0 aromatic heterocycles. The normalized spacial score (nSPS) is 12.8. The highest BCUT2D eigenvalue weighted by Gasteiger charge is 2.19. The summed E-state index contributed by atoms with van der Waals surface area (Å²) in [6.07, 6.45) is 69.6. The van der Waals surface area contributed by atoms with Crippen molar-refractivity contribution < 1.29 is 28.6 Å². The third kappa shape index (κ3) is 51.2. The zero-order valence-corrected chi connectivity index (χ0v) is 42.2. The molecule has 0 unspecified atom stereocenters. The molecule has 370 valence electrons. The Kier molecular flexibility index (Phi) is 50.0. The van der Waals surface area contributed by atoms with E-state index in [1.54, 1.807) is 0 Å². The fourth-order valence-electron chi connectivity index (χ4n) is 7.09. The average Bonchev–Trinajstić information content (AvgIpc) is 3.30. The van der Waals surface area contributed by atoms with Crippen molar-refractivity contribution in [2.75, 3.05) is 13.2 Å². The summed E-state index contributed by atoms with van der Waals surface area (Å²) in [6.45, 7) is 6.36. The smallest absolute Gasteiger partial charge is 0.306 e. The molecule has 0 aliphatic heterocycles. The van der Waals surface area contributed by atoms with Crippen LogP contribution in [0.5, 0.6) is 0 Å². The highest BCUT2D eigenvalue weighted by Crippen LogP contribution is 2.13. The van der Waals surface area contributed by atoms with Gasteiger partial charge in [0.25, 0.3) is 0 Å². The van der Waals surface area contributed by atoms with Gasteiger partial charge < -0.3 is 14.2 Å². The van der Waals surface area contributed by atoms with E-state index in [9.17, 15) is 14.4 Å². The van der Waals surface area contributed by atoms with Crippen LogP contribution in [0.25, 0.3) is 0 Å². The molecular formula is C59H98O6. The van der Waals surface area contributed by atoms with E-state index in [0.29, 0.717) is 19.3 Å². The highest BCUT2D eigenvalue weighted by molar-refractivity contribution is 5.71. The molecule has 0 spiro atoms. The van der Waals surface area contributed by atoms with Gasteiger partial charge in [0.1, 0.15) is 13.2 Å². The van der Waals surface area contributed by atoms with Crippen molar-refractivity contribution in [3.05, 3.63) is 97.2 Å². The van der Waals surface area contributed by atoms with E-state index < -0.39 is 6.10 Å². The van der Waals surface area contributed by atoms with Crippen LogP contribution in [0.1, 0.15) is 239 Å². The van der Waals surface area contributed by atoms with E-state index in [0.717, 1.165) is 141 Å². The number of unbranched alkanes of at least 4 members (excludes halogenated alkanes) is 20. The number of rotatable bonds is 47. The minimum Gasteiger partial charge on any atom is -0.462 e. The molecule has 65 heavy (non-hydrogen) atoms. The first-order chi connectivity index (χ1) is 32.0. The van der Waals surface area contributed by atoms with Gasteiger partial charge in [-0.15, -0.1) is 0 Å². The molecule has 0 aliphatic carbocycles. The lowest BCUT2D eigenvalue weighted by Crippen LogP contribution is -2.30. The molecule has 0 N–H and O–H groups in total. The Morgan fingerprint density at radius 3 is 0.954 bits per heavy atom. The minimum absolute atomic E-state index is 0.0978. The van der Waals surface area contributed by atoms with Crippen LogP contribution >= 0.6 is 0 Å². The second-order valence-electron chi connectivity index (χ2n) is 17.4. The molecule has 0 heterocycles. The molecule has 0 saturated heterocycles. The van der Waals surface area contributed by atoms with Crippen molar-refractivity contribution in [1.82, 2.24) is 0 Å². The van der Waals surface area contributed by atoms with Crippen molar-refractivity contribution in [2.45, 2.75) is 245 Å². The molecule has 0 radical (unpaired) electrons. The number of carbonyl (C=O) groups excluding carboxylic acids is 3. The highest BCUT2D eigenvalue weighted by atomic mass is 16.6. The Labute approximate surface area is 400 Å². The van der Waals surface area contributed by atoms with Crippen LogP contribution in [0.4, 0.5) is 0 Å². The molecule has 6 nitrogen and oxygen atoms in total. The van der Waals surface area contributed by atoms with Crippen LogP contribution in [0.2, 0.25) is 0 Å². The zero-order chi connectivity index (χ0) is 47.2. The number of ether oxygens (including phenoxy) is 3. The van der Waals surface area contributed by atoms with Crippen LogP contribution in [0, 0.1) is 0 Å². The topological polar surface area (TPSA) is 78.9 Å². The summed E-state index contributed by atoms with van der Waals surface area (Å²) in [6, 6.07) is 0. The summed E-state index contributed by atoms with van der Waals surface area (Å²) >= 11 is 0. The average molecular weight is 903 g/mol. The second-order valence-corrected chi connectivity index (χ2v) is 17.4. The number of allylic oxidation sites excluding steroid dienone is 16. The van der Waals surface area contributed by atoms with Gasteiger partial charge >= 0.3 is 17.9 Å². The van der Waals surface area contributed by atoms with Crippen LogP contribution < -0.4 is 0 Å². The van der Waals surface area contributed by atoms with Gasteiger partial charge in [0, 0.05) is 19.3 Å². The van der Waals surface area contributed by atoms with Crippen LogP contribution in [0.15, 0.2) is 97.2 Å². The lowest BCUT2D eigenvalue weighted by molar-refractivity contribution is -0.167. The molecule has 0 rings (SSSR count). The molecule has 0 aliphatic rings. The molecular weight excluding hydrogens is 805 g/mol. The first-order valence-corrected chi connectivity index (χ1v) is 26.7. The predicted octanol–water partition coefficient (Wildman–Crippen LogP) is 17.8. The van der Waals surface area contributed by atoms with E-state index in [-0.39, 0.29) is 31.1 Å². The van der Waals surface area contributed by atoms with Gasteiger partial charge in [-0.05, 0) is 116 Å². The minimum atomic E-state index is -0.801. The summed E-state index contributed by atoms with van der Waals surface area (Å²) < 4.78 is 16.8. The maximum absolute atomic E-state index is 12.8. The first-order valence-electron chi connectivity index (χ1n) is 26.7. The molecule has 0 bridgehead atoms. The fraction of sp³-hybridized carbons (Fsp3) is 0.678. The maximum Gasteiger partial charge on any atom is 0.306 e. The SMILES string of the molecule is CC/C=C\C/C=C\C/C=C\C/C=C\CCCCCCC(=O)OC[C@H](COC(=O)CCCCCCC/C=C\CCCCCCCC)OC(=O)CCCCCCC/C=C\C/C=C\C/C=C\CC. The Bertz CT molecular complexity index is 1310. The van der Waals surface area contributed by atoms with Crippen molar-refractivity contribution in [3.63, 3.8) is 0 Å². The lowest BCUT2D eigenvalue weighted by atomic mass is 10.1. The summed E-state index contributed by atoms with van der Waals surface area (Å²) in [5.74, 6) is -0.948. The summed E-state index contributed by atoms with van der Waals surface area (Å²) in [7, 11) is 0.